The van der Waals surface area contributed by atoms with Crippen LogP contribution in [0.3, 0.4) is 0 Å². The number of anilines is 1. The van der Waals surface area contributed by atoms with Crippen LogP contribution in [0.1, 0.15) is 18.1 Å². The van der Waals surface area contributed by atoms with Crippen LogP contribution in [-0.2, 0) is 20.2 Å². The maximum atomic E-state index is 13.2. The molecule has 10 heteroatoms. The van der Waals surface area contributed by atoms with Crippen molar-refractivity contribution in [2.45, 2.75) is 20.1 Å². The highest BCUT2D eigenvalue weighted by Crippen LogP contribution is 2.35. The summed E-state index contributed by atoms with van der Waals surface area (Å²) in [5.41, 5.74) is 1.45. The molecule has 0 amide bonds. The van der Waals surface area contributed by atoms with Crippen molar-refractivity contribution in [2.24, 2.45) is 7.05 Å². The molecular formula is C18H18Cl2FN5O2. The fourth-order valence-corrected chi connectivity index (χ4v) is 2.88. The summed E-state index contributed by atoms with van der Waals surface area (Å²) in [6, 6.07) is 7.62. The fourth-order valence-electron chi connectivity index (χ4n) is 2.44. The molecule has 0 aliphatic rings. The SMILES string of the molecule is CCOc1cc(CNc2nnnn2C)c(Cl)cc1OCc1ccc(F)cc1Cl. The predicted octanol–water partition coefficient (Wildman–Crippen LogP) is 4.25. The lowest BCUT2D eigenvalue weighted by molar-refractivity contribution is 0.269. The molecule has 0 atom stereocenters. The summed E-state index contributed by atoms with van der Waals surface area (Å²) in [6.45, 7) is 2.88. The van der Waals surface area contributed by atoms with Crippen LogP contribution in [0.15, 0.2) is 30.3 Å². The van der Waals surface area contributed by atoms with Crippen molar-refractivity contribution in [1.82, 2.24) is 20.2 Å². The van der Waals surface area contributed by atoms with Gasteiger partial charge in [0.1, 0.15) is 12.4 Å². The van der Waals surface area contributed by atoms with Crippen LogP contribution in [0, 0.1) is 5.82 Å². The molecule has 1 heterocycles. The van der Waals surface area contributed by atoms with Gasteiger partial charge in [0, 0.05) is 30.2 Å². The van der Waals surface area contributed by atoms with Crippen molar-refractivity contribution in [1.29, 1.82) is 0 Å². The summed E-state index contributed by atoms with van der Waals surface area (Å²) < 4.78 is 26.2. The van der Waals surface area contributed by atoms with E-state index in [1.807, 2.05) is 6.92 Å². The van der Waals surface area contributed by atoms with Gasteiger partial charge in [-0.1, -0.05) is 34.4 Å². The highest BCUT2D eigenvalue weighted by Gasteiger charge is 2.13. The first kappa shape index (κ1) is 20.2. The van der Waals surface area contributed by atoms with E-state index in [1.165, 1.54) is 16.8 Å². The van der Waals surface area contributed by atoms with Gasteiger partial charge < -0.3 is 14.8 Å². The highest BCUT2D eigenvalue weighted by atomic mass is 35.5. The monoisotopic (exact) mass is 425 g/mol. The number of hydrogen-bond donors (Lipinski definition) is 1. The normalized spacial score (nSPS) is 10.8. The minimum absolute atomic E-state index is 0.151. The second kappa shape index (κ2) is 9.07. The summed E-state index contributed by atoms with van der Waals surface area (Å²) in [6.07, 6.45) is 0. The van der Waals surface area contributed by atoms with Gasteiger partial charge in [-0.25, -0.2) is 9.07 Å². The Bertz CT molecular complexity index is 967. The summed E-state index contributed by atoms with van der Waals surface area (Å²) in [5.74, 6) is 1.12. The van der Waals surface area contributed by atoms with E-state index in [0.717, 1.165) is 5.56 Å². The smallest absolute Gasteiger partial charge is 0.242 e. The zero-order valence-electron chi connectivity index (χ0n) is 15.2. The maximum absolute atomic E-state index is 13.2. The number of aromatic nitrogens is 4. The van der Waals surface area contributed by atoms with E-state index < -0.39 is 5.82 Å². The van der Waals surface area contributed by atoms with Crippen LogP contribution in [0.25, 0.3) is 0 Å². The van der Waals surface area contributed by atoms with Gasteiger partial charge in [0.15, 0.2) is 11.5 Å². The molecule has 7 nitrogen and oxygen atoms in total. The Labute approximate surface area is 171 Å². The van der Waals surface area contributed by atoms with Crippen molar-refractivity contribution in [3.8, 4) is 11.5 Å². The molecule has 0 unspecified atom stereocenters. The van der Waals surface area contributed by atoms with E-state index in [4.69, 9.17) is 32.7 Å². The molecule has 0 radical (unpaired) electrons. The van der Waals surface area contributed by atoms with Crippen LogP contribution in [0.5, 0.6) is 11.5 Å². The van der Waals surface area contributed by atoms with Gasteiger partial charge in [-0.3, -0.25) is 0 Å². The van der Waals surface area contributed by atoms with E-state index in [1.54, 1.807) is 25.2 Å². The number of nitrogens with zero attached hydrogens (tertiary/aromatic N) is 4. The molecule has 0 spiro atoms. The molecule has 28 heavy (non-hydrogen) atoms. The van der Waals surface area contributed by atoms with Crippen LogP contribution < -0.4 is 14.8 Å². The van der Waals surface area contributed by atoms with Gasteiger partial charge in [-0.2, -0.15) is 0 Å². The molecule has 0 bridgehead atoms. The van der Waals surface area contributed by atoms with Crippen molar-refractivity contribution in [3.05, 3.63) is 57.3 Å². The summed E-state index contributed by atoms with van der Waals surface area (Å²) >= 11 is 12.5. The molecule has 0 fully saturated rings. The third-order valence-electron chi connectivity index (χ3n) is 3.87. The Balaban J connectivity index is 1.77. The van der Waals surface area contributed by atoms with Crippen molar-refractivity contribution >= 4 is 29.2 Å². The summed E-state index contributed by atoms with van der Waals surface area (Å²) in [5, 5.41) is 15.1. The maximum Gasteiger partial charge on any atom is 0.242 e. The van der Waals surface area contributed by atoms with E-state index in [9.17, 15) is 4.39 Å². The first-order valence-electron chi connectivity index (χ1n) is 8.46. The average molecular weight is 426 g/mol. The van der Waals surface area contributed by atoms with E-state index in [-0.39, 0.29) is 6.61 Å². The van der Waals surface area contributed by atoms with Crippen LogP contribution in [-0.4, -0.2) is 26.8 Å². The molecule has 3 rings (SSSR count). The second-order valence-electron chi connectivity index (χ2n) is 5.83. The van der Waals surface area contributed by atoms with Gasteiger partial charge in [-0.05, 0) is 41.1 Å². The van der Waals surface area contributed by atoms with E-state index in [2.05, 4.69) is 20.8 Å². The van der Waals surface area contributed by atoms with E-state index in [0.29, 0.717) is 46.2 Å². The van der Waals surface area contributed by atoms with Gasteiger partial charge >= 0.3 is 0 Å². The molecule has 0 aliphatic heterocycles. The quantitative estimate of drug-likeness (QED) is 0.581. The van der Waals surface area contributed by atoms with Gasteiger partial charge in [0.25, 0.3) is 0 Å². The lowest BCUT2D eigenvalue weighted by Gasteiger charge is -2.15. The largest absolute Gasteiger partial charge is 0.490 e. The average Bonchev–Trinajstić information content (AvgIpc) is 3.06. The van der Waals surface area contributed by atoms with Gasteiger partial charge in [0.05, 0.1) is 11.6 Å². The number of rotatable bonds is 8. The Morgan fingerprint density at radius 2 is 1.82 bits per heavy atom. The Morgan fingerprint density at radius 1 is 1.07 bits per heavy atom. The van der Waals surface area contributed by atoms with Crippen LogP contribution in [0.4, 0.5) is 10.3 Å². The van der Waals surface area contributed by atoms with E-state index >= 15 is 0 Å². The predicted molar refractivity (Wildman–Crippen MR) is 104 cm³/mol. The minimum atomic E-state index is -0.401. The molecule has 1 aromatic heterocycles. The topological polar surface area (TPSA) is 74.1 Å². The molecule has 148 valence electrons. The third kappa shape index (κ3) is 4.82. The number of hydrogen-bond acceptors (Lipinski definition) is 6. The minimum Gasteiger partial charge on any atom is -0.490 e. The number of nitrogens with one attached hydrogen (secondary N) is 1. The Morgan fingerprint density at radius 3 is 2.50 bits per heavy atom. The van der Waals surface area contributed by atoms with Crippen molar-refractivity contribution in [3.63, 3.8) is 0 Å². The molecular weight excluding hydrogens is 408 g/mol. The number of benzene rings is 2. The molecule has 0 saturated carbocycles. The van der Waals surface area contributed by atoms with Gasteiger partial charge in [-0.15, -0.1) is 0 Å². The fraction of sp³-hybridized carbons (Fsp3) is 0.278. The molecule has 0 aliphatic carbocycles. The zero-order chi connectivity index (χ0) is 20.1. The van der Waals surface area contributed by atoms with Crippen LogP contribution in [0.2, 0.25) is 10.0 Å². The number of aryl methyl sites for hydroxylation is 1. The third-order valence-corrected chi connectivity index (χ3v) is 4.57. The summed E-state index contributed by atoms with van der Waals surface area (Å²) in [4.78, 5) is 0. The van der Waals surface area contributed by atoms with Crippen LogP contribution >= 0.6 is 23.2 Å². The summed E-state index contributed by atoms with van der Waals surface area (Å²) in [7, 11) is 1.73. The Kier molecular flexibility index (Phi) is 6.53. The van der Waals surface area contributed by atoms with Crippen molar-refractivity contribution in [2.75, 3.05) is 11.9 Å². The second-order valence-corrected chi connectivity index (χ2v) is 6.64. The number of tetrazole rings is 1. The zero-order valence-corrected chi connectivity index (χ0v) is 16.8. The first-order valence-corrected chi connectivity index (χ1v) is 9.21. The molecule has 2 aromatic carbocycles. The molecule has 1 N–H and O–H groups in total. The standard InChI is InChI=1S/C18H18Cl2FN5O2/c1-3-27-16-6-12(9-22-18-23-24-25-26(18)2)15(20)8-17(16)28-10-11-4-5-13(21)7-14(11)19/h4-8H,3,9-10H2,1-2H3,(H,22,23,25). The number of halogens is 3. The molecule has 0 saturated heterocycles. The van der Waals surface area contributed by atoms with Crippen molar-refractivity contribution < 1.29 is 13.9 Å². The van der Waals surface area contributed by atoms with Gasteiger partial charge in [0.2, 0.25) is 5.95 Å². The highest BCUT2D eigenvalue weighted by molar-refractivity contribution is 6.31. The number of ether oxygens (including phenoxy) is 2. The lowest BCUT2D eigenvalue weighted by atomic mass is 10.2. The first-order chi connectivity index (χ1) is 13.5. The molecule has 3 aromatic rings. The lowest BCUT2D eigenvalue weighted by Crippen LogP contribution is -2.07. The Hall–Kier alpha value is -2.58.